The highest BCUT2D eigenvalue weighted by Crippen LogP contribution is 2.24. The lowest BCUT2D eigenvalue weighted by Crippen LogP contribution is -2.27. The average Bonchev–Trinajstić information content (AvgIpc) is 2.55. The lowest BCUT2D eigenvalue weighted by Gasteiger charge is -2.18. The molecule has 0 fully saturated rings. The molecular weight excluding hydrogens is 371 g/mol. The van der Waals surface area contributed by atoms with E-state index in [9.17, 15) is 14.9 Å². The molecule has 126 valence electrons. The molecule has 0 aliphatic heterocycles. The fourth-order valence-corrected chi connectivity index (χ4v) is 3.22. The second kappa shape index (κ2) is 8.37. The van der Waals surface area contributed by atoms with Crippen molar-refractivity contribution in [3.05, 3.63) is 68.2 Å². The first-order valence-electron chi connectivity index (χ1n) is 6.92. The SMILES string of the molecule is CN(Cc1ccc(Cl)cc1Cl)C(=O)CSc1ccc([N+](=O)[O-])cc1. The van der Waals surface area contributed by atoms with Gasteiger partial charge in [-0.05, 0) is 29.8 Å². The summed E-state index contributed by atoms with van der Waals surface area (Å²) in [6.45, 7) is 0.385. The predicted molar refractivity (Wildman–Crippen MR) is 96.8 cm³/mol. The first-order valence-corrected chi connectivity index (χ1v) is 8.66. The topological polar surface area (TPSA) is 63.5 Å². The number of carbonyl (C=O) groups is 1. The van der Waals surface area contributed by atoms with Gasteiger partial charge in [-0.25, -0.2) is 0 Å². The molecular formula is C16H14Cl2N2O3S. The van der Waals surface area contributed by atoms with Crippen LogP contribution in [0.15, 0.2) is 47.4 Å². The summed E-state index contributed by atoms with van der Waals surface area (Å²) >= 11 is 13.3. The number of nitrogens with zero attached hydrogens (tertiary/aromatic N) is 2. The third-order valence-corrected chi connectivity index (χ3v) is 4.84. The van der Waals surface area contributed by atoms with Crippen LogP contribution in [0.3, 0.4) is 0 Å². The number of thioether (sulfide) groups is 1. The number of hydrogen-bond donors (Lipinski definition) is 0. The van der Waals surface area contributed by atoms with Crippen molar-refractivity contribution in [2.45, 2.75) is 11.4 Å². The Morgan fingerprint density at radius 2 is 1.88 bits per heavy atom. The summed E-state index contributed by atoms with van der Waals surface area (Å²) in [6.07, 6.45) is 0. The number of amides is 1. The van der Waals surface area contributed by atoms with E-state index >= 15 is 0 Å². The van der Waals surface area contributed by atoms with Crippen LogP contribution in [-0.2, 0) is 11.3 Å². The quantitative estimate of drug-likeness (QED) is 0.412. The summed E-state index contributed by atoms with van der Waals surface area (Å²) < 4.78 is 0. The van der Waals surface area contributed by atoms with E-state index in [4.69, 9.17) is 23.2 Å². The van der Waals surface area contributed by atoms with Gasteiger partial charge in [0.1, 0.15) is 0 Å². The normalized spacial score (nSPS) is 10.5. The molecule has 8 heteroatoms. The Hall–Kier alpha value is -1.76. The molecule has 2 rings (SSSR count). The zero-order valence-corrected chi connectivity index (χ0v) is 15.1. The van der Waals surface area contributed by atoms with Gasteiger partial charge in [0.05, 0.1) is 10.7 Å². The molecule has 24 heavy (non-hydrogen) atoms. The Kier molecular flexibility index (Phi) is 6.48. The molecule has 0 saturated heterocycles. The van der Waals surface area contributed by atoms with Gasteiger partial charge < -0.3 is 4.90 Å². The largest absolute Gasteiger partial charge is 0.341 e. The Morgan fingerprint density at radius 1 is 1.21 bits per heavy atom. The molecule has 0 heterocycles. The molecule has 0 bridgehead atoms. The smallest absolute Gasteiger partial charge is 0.269 e. The van der Waals surface area contributed by atoms with Gasteiger partial charge in [0, 0.05) is 40.7 Å². The molecule has 0 N–H and O–H groups in total. The molecule has 0 spiro atoms. The van der Waals surface area contributed by atoms with Crippen LogP contribution < -0.4 is 0 Å². The summed E-state index contributed by atoms with van der Waals surface area (Å²) in [4.78, 5) is 24.7. The Labute approximate surface area is 153 Å². The standard InChI is InChI=1S/C16H14Cl2N2O3S/c1-19(9-11-2-3-12(17)8-15(11)18)16(21)10-24-14-6-4-13(5-7-14)20(22)23/h2-8H,9-10H2,1H3. The number of halogens is 2. The van der Waals surface area contributed by atoms with Gasteiger partial charge in [0.15, 0.2) is 0 Å². The van der Waals surface area contributed by atoms with Gasteiger partial charge in [-0.15, -0.1) is 11.8 Å². The van der Waals surface area contributed by atoms with E-state index in [1.807, 2.05) is 0 Å². The van der Waals surface area contributed by atoms with Crippen LogP contribution in [-0.4, -0.2) is 28.5 Å². The highest BCUT2D eigenvalue weighted by atomic mass is 35.5. The third-order valence-electron chi connectivity index (χ3n) is 3.26. The molecule has 1 amide bonds. The van der Waals surface area contributed by atoms with Gasteiger partial charge in [-0.2, -0.15) is 0 Å². The van der Waals surface area contributed by atoms with Gasteiger partial charge >= 0.3 is 0 Å². The average molecular weight is 385 g/mol. The van der Waals surface area contributed by atoms with Crippen molar-refractivity contribution in [3.8, 4) is 0 Å². The van der Waals surface area contributed by atoms with Crippen LogP contribution in [0.1, 0.15) is 5.56 Å². The minimum Gasteiger partial charge on any atom is -0.341 e. The van der Waals surface area contributed by atoms with Gasteiger partial charge in [-0.1, -0.05) is 29.3 Å². The van der Waals surface area contributed by atoms with Gasteiger partial charge in [0.25, 0.3) is 5.69 Å². The van der Waals surface area contributed by atoms with Crippen LogP contribution in [0.5, 0.6) is 0 Å². The summed E-state index contributed by atoms with van der Waals surface area (Å²) in [5, 5.41) is 11.7. The summed E-state index contributed by atoms with van der Waals surface area (Å²) in [5.41, 5.74) is 0.845. The van der Waals surface area contributed by atoms with Crippen LogP contribution in [0, 0.1) is 10.1 Å². The minimum absolute atomic E-state index is 0.0279. The van der Waals surface area contributed by atoms with E-state index in [1.54, 1.807) is 42.3 Å². The van der Waals surface area contributed by atoms with Crippen molar-refractivity contribution in [2.24, 2.45) is 0 Å². The van der Waals surface area contributed by atoms with Crippen molar-refractivity contribution < 1.29 is 9.72 Å². The molecule has 5 nitrogen and oxygen atoms in total. The Balaban J connectivity index is 1.90. The number of carbonyl (C=O) groups excluding carboxylic acids is 1. The highest BCUT2D eigenvalue weighted by Gasteiger charge is 2.12. The third kappa shape index (κ3) is 5.12. The summed E-state index contributed by atoms with van der Waals surface area (Å²) in [7, 11) is 1.70. The molecule has 0 aliphatic carbocycles. The first kappa shape index (κ1) is 18.6. The number of non-ortho nitro benzene ring substituents is 1. The van der Waals surface area contributed by atoms with E-state index in [2.05, 4.69) is 0 Å². The molecule has 0 aliphatic rings. The van der Waals surface area contributed by atoms with Crippen molar-refractivity contribution in [1.29, 1.82) is 0 Å². The number of rotatable bonds is 6. The second-order valence-corrected chi connectivity index (χ2v) is 6.92. The Bertz CT molecular complexity index is 753. The lowest BCUT2D eigenvalue weighted by molar-refractivity contribution is -0.384. The second-order valence-electron chi connectivity index (χ2n) is 5.03. The maximum atomic E-state index is 12.2. The molecule has 0 radical (unpaired) electrons. The molecule has 0 saturated carbocycles. The van der Waals surface area contributed by atoms with Crippen LogP contribution in [0.25, 0.3) is 0 Å². The van der Waals surface area contributed by atoms with E-state index in [0.29, 0.717) is 16.6 Å². The fraction of sp³-hybridized carbons (Fsp3) is 0.188. The van der Waals surface area contributed by atoms with Crippen LogP contribution in [0.2, 0.25) is 10.0 Å². The minimum atomic E-state index is -0.455. The zero-order valence-electron chi connectivity index (χ0n) is 12.7. The van der Waals surface area contributed by atoms with E-state index in [0.717, 1.165) is 10.5 Å². The van der Waals surface area contributed by atoms with Crippen molar-refractivity contribution in [2.75, 3.05) is 12.8 Å². The fourth-order valence-electron chi connectivity index (χ4n) is 1.91. The molecule has 0 atom stereocenters. The van der Waals surface area contributed by atoms with E-state index in [-0.39, 0.29) is 17.3 Å². The molecule has 2 aromatic rings. The van der Waals surface area contributed by atoms with Crippen molar-refractivity contribution >= 4 is 46.6 Å². The number of benzene rings is 2. The maximum Gasteiger partial charge on any atom is 0.269 e. The highest BCUT2D eigenvalue weighted by molar-refractivity contribution is 8.00. The monoisotopic (exact) mass is 384 g/mol. The Morgan fingerprint density at radius 3 is 2.46 bits per heavy atom. The van der Waals surface area contributed by atoms with Crippen LogP contribution >= 0.6 is 35.0 Å². The molecule has 0 aromatic heterocycles. The van der Waals surface area contributed by atoms with Crippen molar-refractivity contribution in [1.82, 2.24) is 4.90 Å². The van der Waals surface area contributed by atoms with Crippen LogP contribution in [0.4, 0.5) is 5.69 Å². The van der Waals surface area contributed by atoms with Gasteiger partial charge in [0.2, 0.25) is 5.91 Å². The number of nitro groups is 1. The van der Waals surface area contributed by atoms with E-state index < -0.39 is 4.92 Å². The zero-order chi connectivity index (χ0) is 17.7. The molecule has 2 aromatic carbocycles. The predicted octanol–water partition coefficient (Wildman–Crippen LogP) is 4.65. The van der Waals surface area contributed by atoms with Crippen molar-refractivity contribution in [3.63, 3.8) is 0 Å². The maximum absolute atomic E-state index is 12.2. The van der Waals surface area contributed by atoms with Gasteiger partial charge in [-0.3, -0.25) is 14.9 Å². The first-order chi connectivity index (χ1) is 11.4. The van der Waals surface area contributed by atoms with E-state index in [1.165, 1.54) is 23.9 Å². The lowest BCUT2D eigenvalue weighted by atomic mass is 10.2. The number of nitro benzene ring substituents is 1. The molecule has 0 unspecified atom stereocenters. The summed E-state index contributed by atoms with van der Waals surface area (Å²) in [5.74, 6) is 0.170. The number of hydrogen-bond acceptors (Lipinski definition) is 4. The summed E-state index contributed by atoms with van der Waals surface area (Å²) in [6, 6.07) is 11.3.